The van der Waals surface area contributed by atoms with Crippen LogP contribution in [0.4, 0.5) is 11.6 Å². The van der Waals surface area contributed by atoms with Crippen molar-refractivity contribution in [3.63, 3.8) is 0 Å². The quantitative estimate of drug-likeness (QED) is 0.400. The van der Waals surface area contributed by atoms with Crippen molar-refractivity contribution in [3.05, 3.63) is 71.6 Å². The van der Waals surface area contributed by atoms with Crippen molar-refractivity contribution in [2.75, 3.05) is 5.32 Å². The van der Waals surface area contributed by atoms with Crippen LogP contribution in [-0.2, 0) is 0 Å². The second kappa shape index (κ2) is 8.18. The SMILES string of the molecule is CC(=O)c1ccc(-n2cnc3cc(Nc4ccc(C)nn4)ncc32)nc1-n1nc(C#N)cc1C. The molecular weight excluding hydrogens is 432 g/mol. The van der Waals surface area contributed by atoms with Crippen LogP contribution < -0.4 is 5.32 Å². The summed E-state index contributed by atoms with van der Waals surface area (Å²) < 4.78 is 3.27. The van der Waals surface area contributed by atoms with Gasteiger partial charge in [0, 0.05) is 11.8 Å². The van der Waals surface area contributed by atoms with Crippen LogP contribution in [0.1, 0.15) is 34.4 Å². The number of pyridine rings is 2. The number of Topliss-reactive ketones (excluding diaryl/α,β-unsaturated/α-hetero) is 1. The molecule has 0 aliphatic carbocycles. The molecule has 5 rings (SSSR count). The molecule has 0 saturated carbocycles. The van der Waals surface area contributed by atoms with Crippen LogP contribution in [-0.4, -0.2) is 45.3 Å². The van der Waals surface area contributed by atoms with Gasteiger partial charge in [0.2, 0.25) is 0 Å². The number of fused-ring (bicyclic) bond motifs is 1. The van der Waals surface area contributed by atoms with E-state index in [2.05, 4.69) is 30.6 Å². The number of carbonyl (C=O) groups is 1. The molecule has 166 valence electrons. The van der Waals surface area contributed by atoms with Gasteiger partial charge in [-0.05, 0) is 51.1 Å². The van der Waals surface area contributed by atoms with E-state index < -0.39 is 0 Å². The zero-order chi connectivity index (χ0) is 23.8. The number of carbonyl (C=O) groups excluding carboxylic acids is 1. The Morgan fingerprint density at radius 1 is 1.06 bits per heavy atom. The summed E-state index contributed by atoms with van der Waals surface area (Å²) >= 11 is 0. The number of nitrogens with zero attached hydrogens (tertiary/aromatic N) is 9. The molecule has 0 radical (unpaired) electrons. The molecule has 34 heavy (non-hydrogen) atoms. The van der Waals surface area contributed by atoms with Crippen molar-refractivity contribution in [1.29, 1.82) is 5.26 Å². The molecule has 0 aliphatic heterocycles. The molecule has 1 N–H and O–H groups in total. The minimum atomic E-state index is -0.158. The third kappa shape index (κ3) is 3.73. The Hall–Kier alpha value is -4.98. The molecular formula is C23H18N10O. The highest BCUT2D eigenvalue weighted by molar-refractivity contribution is 5.97. The lowest BCUT2D eigenvalue weighted by Crippen LogP contribution is -2.11. The number of nitriles is 1. The Kier molecular flexibility index (Phi) is 5.03. The summed E-state index contributed by atoms with van der Waals surface area (Å²) in [5.74, 6) is 1.87. The van der Waals surface area contributed by atoms with Crippen molar-refractivity contribution < 1.29 is 4.79 Å². The minimum absolute atomic E-state index is 0.158. The molecule has 0 saturated heterocycles. The number of hydrogen-bond acceptors (Lipinski definition) is 9. The van der Waals surface area contributed by atoms with E-state index >= 15 is 0 Å². The molecule has 11 heteroatoms. The maximum absolute atomic E-state index is 12.3. The molecule has 5 aromatic heterocycles. The Morgan fingerprint density at radius 3 is 2.62 bits per heavy atom. The van der Waals surface area contributed by atoms with Crippen LogP contribution >= 0.6 is 0 Å². The number of ketones is 1. The van der Waals surface area contributed by atoms with Gasteiger partial charge in [0.1, 0.15) is 24.0 Å². The standard InChI is InChI=1S/C23H18N10O/c1-13-4-6-20(30-29-13)27-21-9-18-19(11-25-21)32(12-26-18)22-7-5-17(15(3)34)23(28-22)33-14(2)8-16(10-24)31-33/h4-9,11-12H,1-3H3,(H,25,27,30). The highest BCUT2D eigenvalue weighted by Gasteiger charge is 2.17. The fraction of sp³-hybridized carbons (Fsp3) is 0.130. The van der Waals surface area contributed by atoms with Crippen LogP contribution in [0.2, 0.25) is 0 Å². The molecule has 0 spiro atoms. The summed E-state index contributed by atoms with van der Waals surface area (Å²) in [6.07, 6.45) is 3.32. The molecule has 0 unspecified atom stereocenters. The molecule has 0 amide bonds. The maximum atomic E-state index is 12.3. The van der Waals surface area contributed by atoms with Crippen molar-refractivity contribution in [2.24, 2.45) is 0 Å². The van der Waals surface area contributed by atoms with Gasteiger partial charge in [0.05, 0.1) is 28.5 Å². The average Bonchev–Trinajstić information content (AvgIpc) is 3.43. The van der Waals surface area contributed by atoms with Gasteiger partial charge in [0.25, 0.3) is 0 Å². The van der Waals surface area contributed by atoms with Gasteiger partial charge in [-0.25, -0.2) is 19.6 Å². The Morgan fingerprint density at radius 2 is 1.91 bits per heavy atom. The summed E-state index contributed by atoms with van der Waals surface area (Å²) in [4.78, 5) is 25.9. The predicted octanol–water partition coefficient (Wildman–Crippen LogP) is 3.23. The number of anilines is 2. The lowest BCUT2D eigenvalue weighted by molar-refractivity contribution is 0.101. The third-order valence-corrected chi connectivity index (χ3v) is 5.18. The topological polar surface area (TPSA) is 140 Å². The van der Waals surface area contributed by atoms with E-state index in [-0.39, 0.29) is 11.5 Å². The number of aromatic nitrogens is 8. The monoisotopic (exact) mass is 450 g/mol. The van der Waals surface area contributed by atoms with Crippen molar-refractivity contribution in [3.8, 4) is 17.7 Å². The largest absolute Gasteiger partial charge is 0.323 e. The first-order valence-electron chi connectivity index (χ1n) is 10.3. The smallest absolute Gasteiger partial charge is 0.166 e. The molecule has 0 atom stereocenters. The Bertz CT molecular complexity index is 1590. The first-order valence-corrected chi connectivity index (χ1v) is 10.3. The molecule has 11 nitrogen and oxygen atoms in total. The van der Waals surface area contributed by atoms with Gasteiger partial charge in [0.15, 0.2) is 23.1 Å². The fourth-order valence-electron chi connectivity index (χ4n) is 3.51. The van der Waals surface area contributed by atoms with Crippen LogP contribution in [0.3, 0.4) is 0 Å². The van der Waals surface area contributed by atoms with Crippen molar-refractivity contribution >= 4 is 28.5 Å². The summed E-state index contributed by atoms with van der Waals surface area (Å²) in [6.45, 7) is 5.13. The van der Waals surface area contributed by atoms with Crippen LogP contribution in [0.5, 0.6) is 0 Å². The number of imidazole rings is 1. The number of aryl methyl sites for hydroxylation is 2. The fourth-order valence-corrected chi connectivity index (χ4v) is 3.51. The van der Waals surface area contributed by atoms with Gasteiger partial charge >= 0.3 is 0 Å². The molecule has 0 aromatic carbocycles. The van der Waals surface area contributed by atoms with Crippen LogP contribution in [0.25, 0.3) is 22.7 Å². The first-order chi connectivity index (χ1) is 16.4. The maximum Gasteiger partial charge on any atom is 0.166 e. The number of rotatable bonds is 5. The van der Waals surface area contributed by atoms with E-state index in [0.717, 1.165) is 11.2 Å². The van der Waals surface area contributed by atoms with Crippen LogP contribution in [0, 0.1) is 25.2 Å². The minimum Gasteiger partial charge on any atom is -0.323 e. The number of hydrogen-bond donors (Lipinski definition) is 1. The second-order valence-corrected chi connectivity index (χ2v) is 7.65. The summed E-state index contributed by atoms with van der Waals surface area (Å²) in [5.41, 5.74) is 3.57. The van der Waals surface area contributed by atoms with Crippen molar-refractivity contribution in [1.82, 2.24) is 39.5 Å². The van der Waals surface area contributed by atoms with Gasteiger partial charge < -0.3 is 5.32 Å². The molecule has 0 aliphatic rings. The van der Waals surface area contributed by atoms with E-state index in [1.807, 2.05) is 25.1 Å². The Balaban J connectivity index is 1.55. The third-order valence-electron chi connectivity index (χ3n) is 5.18. The predicted molar refractivity (Wildman–Crippen MR) is 123 cm³/mol. The summed E-state index contributed by atoms with van der Waals surface area (Å²) in [6, 6.07) is 12.6. The van der Waals surface area contributed by atoms with Crippen molar-refractivity contribution in [2.45, 2.75) is 20.8 Å². The first kappa shape index (κ1) is 20.9. The van der Waals surface area contributed by atoms with E-state index in [9.17, 15) is 10.1 Å². The number of nitrogens with one attached hydrogen (secondary N) is 1. The van der Waals surface area contributed by atoms with Gasteiger partial charge in [-0.15, -0.1) is 5.10 Å². The average molecular weight is 450 g/mol. The van der Waals surface area contributed by atoms with Gasteiger partial charge in [-0.3, -0.25) is 9.36 Å². The summed E-state index contributed by atoms with van der Waals surface area (Å²) in [5, 5.41) is 24.7. The Labute approximate surface area is 193 Å². The van der Waals surface area contributed by atoms with Gasteiger partial charge in [-0.2, -0.15) is 15.5 Å². The highest BCUT2D eigenvalue weighted by Crippen LogP contribution is 2.23. The van der Waals surface area contributed by atoms with E-state index in [0.29, 0.717) is 40.0 Å². The molecule has 0 bridgehead atoms. The van der Waals surface area contributed by atoms with E-state index in [1.165, 1.54) is 11.6 Å². The molecule has 5 aromatic rings. The lowest BCUT2D eigenvalue weighted by atomic mass is 10.2. The summed E-state index contributed by atoms with van der Waals surface area (Å²) in [7, 11) is 0. The zero-order valence-electron chi connectivity index (χ0n) is 18.6. The zero-order valence-corrected chi connectivity index (χ0v) is 18.6. The highest BCUT2D eigenvalue weighted by atomic mass is 16.1. The van der Waals surface area contributed by atoms with E-state index in [4.69, 9.17) is 4.98 Å². The molecule has 5 heterocycles. The normalized spacial score (nSPS) is 10.9. The van der Waals surface area contributed by atoms with E-state index in [1.54, 1.807) is 48.3 Å². The van der Waals surface area contributed by atoms with Gasteiger partial charge in [-0.1, -0.05) is 0 Å². The molecule has 0 fully saturated rings. The lowest BCUT2D eigenvalue weighted by Gasteiger charge is -2.11. The van der Waals surface area contributed by atoms with Crippen LogP contribution in [0.15, 0.2) is 48.9 Å². The second-order valence-electron chi connectivity index (χ2n) is 7.65.